The second kappa shape index (κ2) is 8.10. The predicted molar refractivity (Wildman–Crippen MR) is 106 cm³/mol. The van der Waals surface area contributed by atoms with Crippen LogP contribution < -0.4 is 4.72 Å². The van der Waals surface area contributed by atoms with Crippen molar-refractivity contribution < 1.29 is 13.2 Å². The number of aryl methyl sites for hydroxylation is 1. The number of nitrogens with one attached hydrogen (secondary N) is 1. The number of hydrogen-bond acceptors (Lipinski definition) is 4. The lowest BCUT2D eigenvalue weighted by Crippen LogP contribution is -2.34. The number of likely N-dealkylation sites (N-methyl/N-ethyl adjacent to an activating group) is 1. The van der Waals surface area contributed by atoms with Crippen LogP contribution in [0.15, 0.2) is 53.4 Å². The monoisotopic (exact) mass is 387 g/mol. The number of hydrogen-bond donors (Lipinski definition) is 1. The molecule has 1 N–H and O–H groups in total. The number of amides is 1. The van der Waals surface area contributed by atoms with Gasteiger partial charge in [0.05, 0.1) is 4.90 Å². The molecule has 0 aromatic heterocycles. The van der Waals surface area contributed by atoms with Crippen LogP contribution in [-0.2, 0) is 10.0 Å². The molecule has 2 aromatic rings. The highest BCUT2D eigenvalue weighted by atomic mass is 32.2. The van der Waals surface area contributed by atoms with Crippen molar-refractivity contribution in [3.05, 3.63) is 59.7 Å². The highest BCUT2D eigenvalue weighted by Gasteiger charge is 2.21. The van der Waals surface area contributed by atoms with Gasteiger partial charge in [-0.2, -0.15) is 0 Å². The maximum atomic E-state index is 12.8. The molecule has 1 saturated heterocycles. The highest BCUT2D eigenvalue weighted by molar-refractivity contribution is 7.92. The molecule has 144 valence electrons. The number of benzene rings is 2. The lowest BCUT2D eigenvalue weighted by atomic mass is 10.2. The third-order valence-electron chi connectivity index (χ3n) is 4.70. The third kappa shape index (κ3) is 4.87. The fourth-order valence-corrected chi connectivity index (χ4v) is 4.17. The van der Waals surface area contributed by atoms with Crippen LogP contribution in [0.2, 0.25) is 0 Å². The molecule has 0 aliphatic carbocycles. The molecule has 2 aromatic carbocycles. The molecular formula is C20H25N3O3S. The van der Waals surface area contributed by atoms with Crippen LogP contribution in [0, 0.1) is 6.92 Å². The molecule has 27 heavy (non-hydrogen) atoms. The molecule has 1 fully saturated rings. The summed E-state index contributed by atoms with van der Waals surface area (Å²) in [6, 6.07) is 13.4. The zero-order valence-corrected chi connectivity index (χ0v) is 16.5. The third-order valence-corrected chi connectivity index (χ3v) is 6.08. The maximum Gasteiger partial charge on any atom is 0.261 e. The van der Waals surface area contributed by atoms with E-state index in [4.69, 9.17) is 0 Å². The Morgan fingerprint density at radius 1 is 1.00 bits per heavy atom. The molecule has 1 heterocycles. The van der Waals surface area contributed by atoms with E-state index in [1.165, 1.54) is 12.1 Å². The van der Waals surface area contributed by atoms with Crippen molar-refractivity contribution >= 4 is 21.6 Å². The molecule has 3 rings (SSSR count). The fraction of sp³-hybridized carbons (Fsp3) is 0.350. The molecule has 6 nitrogen and oxygen atoms in total. The van der Waals surface area contributed by atoms with Crippen molar-refractivity contribution in [3.8, 4) is 0 Å². The van der Waals surface area contributed by atoms with Gasteiger partial charge in [0.15, 0.2) is 0 Å². The Hall–Kier alpha value is -2.38. The van der Waals surface area contributed by atoms with E-state index >= 15 is 0 Å². The van der Waals surface area contributed by atoms with Crippen molar-refractivity contribution in [1.29, 1.82) is 0 Å². The number of anilines is 1. The number of sulfonamides is 1. The number of rotatable bonds is 4. The Bertz CT molecular complexity index is 910. The van der Waals surface area contributed by atoms with E-state index < -0.39 is 10.0 Å². The Balaban J connectivity index is 1.79. The van der Waals surface area contributed by atoms with Gasteiger partial charge in [0.2, 0.25) is 0 Å². The first-order chi connectivity index (χ1) is 12.8. The van der Waals surface area contributed by atoms with Gasteiger partial charge in [-0.25, -0.2) is 8.42 Å². The van der Waals surface area contributed by atoms with Crippen LogP contribution >= 0.6 is 0 Å². The van der Waals surface area contributed by atoms with Crippen LogP contribution in [0.1, 0.15) is 22.3 Å². The van der Waals surface area contributed by atoms with Crippen LogP contribution in [0.25, 0.3) is 0 Å². The zero-order chi connectivity index (χ0) is 19.4. The van der Waals surface area contributed by atoms with Crippen LogP contribution in [0.4, 0.5) is 5.69 Å². The Labute approximate surface area is 160 Å². The molecule has 0 spiro atoms. The van der Waals surface area contributed by atoms with Gasteiger partial charge in [-0.3, -0.25) is 9.52 Å². The van der Waals surface area contributed by atoms with Crippen LogP contribution in [-0.4, -0.2) is 57.4 Å². The van der Waals surface area contributed by atoms with Gasteiger partial charge in [-0.15, -0.1) is 0 Å². The fourth-order valence-electron chi connectivity index (χ4n) is 3.06. The number of carbonyl (C=O) groups is 1. The molecule has 1 amide bonds. The Morgan fingerprint density at radius 2 is 1.74 bits per heavy atom. The molecule has 0 radical (unpaired) electrons. The number of nitrogens with zero attached hydrogens (tertiary/aromatic N) is 2. The summed E-state index contributed by atoms with van der Waals surface area (Å²) in [6.45, 7) is 5.04. The van der Waals surface area contributed by atoms with Gasteiger partial charge in [-0.05, 0) is 57.3 Å². The molecular weight excluding hydrogens is 362 g/mol. The van der Waals surface area contributed by atoms with Gasteiger partial charge in [0.1, 0.15) is 0 Å². The molecule has 0 bridgehead atoms. The first kappa shape index (κ1) is 19.4. The first-order valence-corrected chi connectivity index (χ1v) is 10.5. The summed E-state index contributed by atoms with van der Waals surface area (Å²) in [6.07, 6.45) is 0.912. The van der Waals surface area contributed by atoms with E-state index in [9.17, 15) is 13.2 Å². The largest absolute Gasteiger partial charge is 0.337 e. The van der Waals surface area contributed by atoms with Crippen molar-refractivity contribution in [3.63, 3.8) is 0 Å². The standard InChI is InChI=1S/C20H25N3O3S/c1-16-7-9-18(10-8-16)21-27(25,26)19-6-3-5-17(15-19)20(24)23-12-4-11-22(2)13-14-23/h3,5-10,15,21H,4,11-14H2,1-2H3. The van der Waals surface area contributed by atoms with Crippen LogP contribution in [0.5, 0.6) is 0 Å². The second-order valence-electron chi connectivity index (χ2n) is 6.95. The minimum absolute atomic E-state index is 0.0841. The highest BCUT2D eigenvalue weighted by Crippen LogP contribution is 2.19. The quantitative estimate of drug-likeness (QED) is 0.875. The van der Waals surface area contributed by atoms with Crippen molar-refractivity contribution in [1.82, 2.24) is 9.80 Å². The summed E-state index contributed by atoms with van der Waals surface area (Å²) >= 11 is 0. The Kier molecular flexibility index (Phi) is 5.82. The summed E-state index contributed by atoms with van der Waals surface area (Å²) < 4.78 is 27.9. The molecule has 7 heteroatoms. The molecule has 1 aliphatic rings. The summed E-state index contributed by atoms with van der Waals surface area (Å²) in [4.78, 5) is 16.9. The van der Waals surface area contributed by atoms with Gasteiger partial charge < -0.3 is 9.80 Å². The summed E-state index contributed by atoms with van der Waals surface area (Å²) in [5.41, 5.74) is 1.94. The number of carbonyl (C=O) groups excluding carboxylic acids is 1. The Morgan fingerprint density at radius 3 is 2.48 bits per heavy atom. The summed E-state index contributed by atoms with van der Waals surface area (Å²) in [5.74, 6) is -0.127. The predicted octanol–water partition coefficient (Wildman–Crippen LogP) is 2.57. The van der Waals surface area contributed by atoms with Crippen molar-refractivity contribution in [2.24, 2.45) is 0 Å². The van der Waals surface area contributed by atoms with E-state index in [0.29, 0.717) is 24.3 Å². The maximum absolute atomic E-state index is 12.8. The van der Waals surface area contributed by atoms with Gasteiger partial charge >= 0.3 is 0 Å². The van der Waals surface area contributed by atoms with Crippen LogP contribution in [0.3, 0.4) is 0 Å². The van der Waals surface area contributed by atoms with E-state index in [1.807, 2.05) is 26.1 Å². The average Bonchev–Trinajstić information content (AvgIpc) is 2.87. The summed E-state index contributed by atoms with van der Waals surface area (Å²) in [7, 11) is -1.72. The lowest BCUT2D eigenvalue weighted by molar-refractivity contribution is 0.0762. The molecule has 0 saturated carbocycles. The van der Waals surface area contributed by atoms with Gasteiger partial charge in [0.25, 0.3) is 15.9 Å². The minimum atomic E-state index is -3.76. The SMILES string of the molecule is Cc1ccc(NS(=O)(=O)c2cccc(C(=O)N3CCCN(C)CC3)c2)cc1. The minimum Gasteiger partial charge on any atom is -0.337 e. The van der Waals surface area contributed by atoms with E-state index in [0.717, 1.165) is 25.1 Å². The zero-order valence-electron chi connectivity index (χ0n) is 15.7. The molecule has 1 aliphatic heterocycles. The van der Waals surface area contributed by atoms with Crippen molar-refractivity contribution in [2.75, 3.05) is 37.9 Å². The van der Waals surface area contributed by atoms with E-state index in [2.05, 4.69) is 9.62 Å². The van der Waals surface area contributed by atoms with Gasteiger partial charge in [-0.1, -0.05) is 23.8 Å². The van der Waals surface area contributed by atoms with E-state index in [-0.39, 0.29) is 10.8 Å². The average molecular weight is 388 g/mol. The smallest absolute Gasteiger partial charge is 0.261 e. The van der Waals surface area contributed by atoms with Gasteiger partial charge in [0, 0.05) is 30.9 Å². The second-order valence-corrected chi connectivity index (χ2v) is 8.63. The normalized spacial score (nSPS) is 16.0. The summed E-state index contributed by atoms with van der Waals surface area (Å²) in [5, 5.41) is 0. The molecule has 0 unspecified atom stereocenters. The first-order valence-electron chi connectivity index (χ1n) is 9.02. The topological polar surface area (TPSA) is 69.7 Å². The van der Waals surface area contributed by atoms with Crippen molar-refractivity contribution in [2.45, 2.75) is 18.2 Å². The van der Waals surface area contributed by atoms with E-state index in [1.54, 1.807) is 29.2 Å². The molecule has 0 atom stereocenters. The lowest BCUT2D eigenvalue weighted by Gasteiger charge is -2.21.